The van der Waals surface area contributed by atoms with Crippen LogP contribution in [0.25, 0.3) is 5.69 Å². The lowest BCUT2D eigenvalue weighted by atomic mass is 10.1. The molecule has 7 heteroatoms. The third-order valence-electron chi connectivity index (χ3n) is 3.39. The lowest BCUT2D eigenvalue weighted by molar-refractivity contribution is -0.118. The molecule has 0 spiro atoms. The summed E-state index contributed by atoms with van der Waals surface area (Å²) in [6, 6.07) is 6.36. The van der Waals surface area contributed by atoms with E-state index in [9.17, 15) is 14.4 Å². The molecule has 0 fully saturated rings. The number of aryl methyl sites for hydroxylation is 1. The summed E-state index contributed by atoms with van der Waals surface area (Å²) in [6.45, 7) is 1.47. The second kappa shape index (κ2) is 5.03. The molecule has 2 N–H and O–H groups in total. The minimum atomic E-state index is -1.27. The first kappa shape index (κ1) is 13.9. The fourth-order valence-corrected chi connectivity index (χ4v) is 2.30. The molecule has 1 aliphatic heterocycles. The van der Waals surface area contributed by atoms with Crippen LogP contribution in [0.5, 0.6) is 5.75 Å². The average molecular weight is 300 g/mol. The molecule has 1 amide bonds. The van der Waals surface area contributed by atoms with Crippen molar-refractivity contribution in [3.63, 3.8) is 0 Å². The van der Waals surface area contributed by atoms with Gasteiger partial charge in [-0.25, -0.2) is 4.79 Å². The van der Waals surface area contributed by atoms with Crippen molar-refractivity contribution in [2.24, 2.45) is 0 Å². The highest BCUT2D eigenvalue weighted by atomic mass is 16.5. The molecule has 1 aliphatic rings. The van der Waals surface area contributed by atoms with Gasteiger partial charge in [0.25, 0.3) is 11.5 Å². The van der Waals surface area contributed by atoms with E-state index in [1.807, 2.05) is 0 Å². The van der Waals surface area contributed by atoms with Gasteiger partial charge in [0, 0.05) is 12.3 Å². The number of carbonyl (C=O) groups excluding carboxylic acids is 1. The number of carboxylic acid groups (broad SMARTS) is 1. The van der Waals surface area contributed by atoms with Crippen molar-refractivity contribution in [1.82, 2.24) is 4.57 Å². The van der Waals surface area contributed by atoms with Gasteiger partial charge in [-0.2, -0.15) is 0 Å². The number of rotatable bonds is 2. The summed E-state index contributed by atoms with van der Waals surface area (Å²) in [6.07, 6.45) is 1.51. The van der Waals surface area contributed by atoms with Crippen molar-refractivity contribution in [2.75, 3.05) is 11.9 Å². The summed E-state index contributed by atoms with van der Waals surface area (Å²) in [5.41, 5.74) is 0.484. The summed E-state index contributed by atoms with van der Waals surface area (Å²) in [7, 11) is 0. The number of hydrogen-bond acceptors (Lipinski definition) is 4. The first-order chi connectivity index (χ1) is 10.5. The van der Waals surface area contributed by atoms with E-state index in [4.69, 9.17) is 9.84 Å². The number of aromatic carboxylic acids is 1. The summed E-state index contributed by atoms with van der Waals surface area (Å²) >= 11 is 0. The highest BCUT2D eigenvalue weighted by molar-refractivity contribution is 5.95. The van der Waals surface area contributed by atoms with E-state index >= 15 is 0 Å². The molecule has 0 aliphatic carbocycles. The van der Waals surface area contributed by atoms with Gasteiger partial charge < -0.3 is 15.2 Å². The van der Waals surface area contributed by atoms with Crippen molar-refractivity contribution < 1.29 is 19.4 Å². The fourth-order valence-electron chi connectivity index (χ4n) is 2.30. The molecule has 0 saturated heterocycles. The van der Waals surface area contributed by atoms with Crippen LogP contribution in [0.15, 0.2) is 35.3 Å². The van der Waals surface area contributed by atoms with Crippen LogP contribution in [0, 0.1) is 6.92 Å². The van der Waals surface area contributed by atoms with Gasteiger partial charge in [0.1, 0.15) is 11.3 Å². The van der Waals surface area contributed by atoms with Crippen molar-refractivity contribution in [1.29, 1.82) is 0 Å². The fraction of sp³-hybridized carbons (Fsp3) is 0.133. The predicted molar refractivity (Wildman–Crippen MR) is 77.9 cm³/mol. The number of nitrogens with zero attached hydrogens (tertiary/aromatic N) is 1. The molecule has 1 aromatic carbocycles. The van der Waals surface area contributed by atoms with Gasteiger partial charge in [0.05, 0.1) is 11.4 Å². The molecule has 0 saturated carbocycles. The number of amides is 1. The van der Waals surface area contributed by atoms with Crippen LogP contribution in [0.1, 0.15) is 15.9 Å². The van der Waals surface area contributed by atoms with Crippen molar-refractivity contribution in [3.8, 4) is 11.4 Å². The Labute approximate surface area is 124 Å². The van der Waals surface area contributed by atoms with E-state index in [1.54, 1.807) is 31.2 Å². The van der Waals surface area contributed by atoms with E-state index in [-0.39, 0.29) is 18.1 Å². The van der Waals surface area contributed by atoms with E-state index in [0.29, 0.717) is 22.7 Å². The number of hydrogen-bond donors (Lipinski definition) is 2. The summed E-state index contributed by atoms with van der Waals surface area (Å²) in [5, 5.41) is 11.8. The lowest BCUT2D eigenvalue weighted by Crippen LogP contribution is -2.27. The molecule has 112 valence electrons. The average Bonchev–Trinajstić information content (AvgIpc) is 2.46. The summed E-state index contributed by atoms with van der Waals surface area (Å²) < 4.78 is 6.53. The third-order valence-corrected chi connectivity index (χ3v) is 3.39. The minimum absolute atomic E-state index is 0.0976. The lowest BCUT2D eigenvalue weighted by Gasteiger charge is -2.19. The number of fused-ring (bicyclic) bond motifs is 1. The van der Waals surface area contributed by atoms with Gasteiger partial charge >= 0.3 is 5.97 Å². The Balaban J connectivity index is 2.13. The van der Waals surface area contributed by atoms with Gasteiger partial charge in [-0.05, 0) is 30.7 Å². The number of nitrogens with one attached hydrogen (secondary N) is 1. The van der Waals surface area contributed by atoms with Crippen molar-refractivity contribution >= 4 is 17.6 Å². The van der Waals surface area contributed by atoms with E-state index < -0.39 is 11.5 Å². The quantitative estimate of drug-likeness (QED) is 0.867. The van der Waals surface area contributed by atoms with Crippen molar-refractivity contribution in [2.45, 2.75) is 6.92 Å². The minimum Gasteiger partial charge on any atom is -0.482 e. The van der Waals surface area contributed by atoms with E-state index in [1.165, 1.54) is 10.8 Å². The Kier molecular flexibility index (Phi) is 3.17. The van der Waals surface area contributed by atoms with Gasteiger partial charge in [-0.3, -0.25) is 14.2 Å². The second-order valence-corrected chi connectivity index (χ2v) is 4.87. The number of anilines is 1. The third kappa shape index (κ3) is 2.22. The maximum atomic E-state index is 12.3. The molecular weight excluding hydrogens is 288 g/mol. The monoisotopic (exact) mass is 300 g/mol. The zero-order chi connectivity index (χ0) is 15.9. The molecule has 3 rings (SSSR count). The highest BCUT2D eigenvalue weighted by Crippen LogP contribution is 2.29. The number of pyridine rings is 1. The highest BCUT2D eigenvalue weighted by Gasteiger charge is 2.18. The van der Waals surface area contributed by atoms with Crippen LogP contribution in [0.2, 0.25) is 0 Å². The van der Waals surface area contributed by atoms with Crippen LogP contribution in [-0.4, -0.2) is 28.2 Å². The molecule has 0 atom stereocenters. The molecule has 22 heavy (non-hydrogen) atoms. The maximum Gasteiger partial charge on any atom is 0.341 e. The number of aromatic nitrogens is 1. The van der Waals surface area contributed by atoms with Crippen molar-refractivity contribution in [3.05, 3.63) is 51.9 Å². The molecule has 2 heterocycles. The Bertz CT molecular complexity index is 853. The topological polar surface area (TPSA) is 97.6 Å². The first-order valence-corrected chi connectivity index (χ1v) is 6.50. The van der Waals surface area contributed by atoms with E-state index in [2.05, 4.69) is 5.32 Å². The predicted octanol–water partition coefficient (Wildman–Crippen LogP) is 1.18. The second-order valence-electron chi connectivity index (χ2n) is 4.87. The Hall–Kier alpha value is -3.09. The van der Waals surface area contributed by atoms with Gasteiger partial charge in [-0.1, -0.05) is 0 Å². The van der Waals surface area contributed by atoms with E-state index in [0.717, 1.165) is 0 Å². The zero-order valence-electron chi connectivity index (χ0n) is 11.6. The standard InChI is InChI=1S/C15H12N2O5/c1-8-4-5-17(14(19)13(8)15(20)21)9-2-3-10-11(6-9)22-7-12(18)16-10/h2-6H,7H2,1H3,(H,16,18)(H,20,21). The van der Waals surface area contributed by atoms with Gasteiger partial charge in [-0.15, -0.1) is 0 Å². The Morgan fingerprint density at radius 1 is 1.32 bits per heavy atom. The molecule has 7 nitrogen and oxygen atoms in total. The molecule has 0 unspecified atom stereocenters. The Morgan fingerprint density at radius 2 is 2.09 bits per heavy atom. The molecule has 2 aromatic rings. The molecule has 0 radical (unpaired) electrons. The normalized spacial score (nSPS) is 13.0. The summed E-state index contributed by atoms with van der Waals surface area (Å²) in [4.78, 5) is 34.8. The smallest absolute Gasteiger partial charge is 0.341 e. The van der Waals surface area contributed by atoms with Crippen LogP contribution in [0.3, 0.4) is 0 Å². The Morgan fingerprint density at radius 3 is 2.82 bits per heavy atom. The van der Waals surface area contributed by atoms with Gasteiger partial charge in [0.15, 0.2) is 6.61 Å². The van der Waals surface area contributed by atoms with Crippen LogP contribution in [0.4, 0.5) is 5.69 Å². The summed E-state index contributed by atoms with van der Waals surface area (Å²) in [5.74, 6) is -1.08. The van der Waals surface area contributed by atoms with Crippen LogP contribution >= 0.6 is 0 Å². The number of benzene rings is 1. The van der Waals surface area contributed by atoms with Gasteiger partial charge in [0.2, 0.25) is 0 Å². The number of carbonyl (C=O) groups is 2. The number of carboxylic acids is 1. The molecular formula is C15H12N2O5. The first-order valence-electron chi connectivity index (χ1n) is 6.50. The number of ether oxygens (including phenoxy) is 1. The molecule has 0 bridgehead atoms. The van der Waals surface area contributed by atoms with Crippen LogP contribution < -0.4 is 15.6 Å². The maximum absolute atomic E-state index is 12.3. The zero-order valence-corrected chi connectivity index (χ0v) is 11.6. The largest absolute Gasteiger partial charge is 0.482 e. The SMILES string of the molecule is Cc1ccn(-c2ccc3c(c2)OCC(=O)N3)c(=O)c1C(=O)O. The molecule has 1 aromatic heterocycles. The van der Waals surface area contributed by atoms with Crippen LogP contribution in [-0.2, 0) is 4.79 Å².